The molecule has 2 aromatic rings. The molecule has 3 N–H and O–H groups in total. The van der Waals surface area contributed by atoms with Gasteiger partial charge in [-0.1, -0.05) is 6.07 Å². The number of anilines is 2. The number of thiophene rings is 1. The lowest BCUT2D eigenvalue weighted by atomic mass is 10.2. The third-order valence-corrected chi connectivity index (χ3v) is 5.05. The zero-order valence-corrected chi connectivity index (χ0v) is 11.1. The first-order valence-corrected chi connectivity index (χ1v) is 7.38. The van der Waals surface area contributed by atoms with Crippen LogP contribution in [-0.4, -0.2) is 8.42 Å². The number of nitrogen functional groups attached to an aromatic ring is 1. The summed E-state index contributed by atoms with van der Waals surface area (Å²) >= 11 is 0.987. The zero-order valence-electron chi connectivity index (χ0n) is 9.48. The molecule has 0 spiro atoms. The van der Waals surface area contributed by atoms with Gasteiger partial charge >= 0.3 is 0 Å². The second-order valence-corrected chi connectivity index (χ2v) is 6.61. The molecule has 0 unspecified atom stereocenters. The molecule has 0 fully saturated rings. The fraction of sp³-hybridized carbons (Fsp3) is 0.0909. The molecule has 0 atom stereocenters. The van der Waals surface area contributed by atoms with Crippen molar-refractivity contribution in [2.24, 2.45) is 0 Å². The average Bonchev–Trinajstić information content (AvgIpc) is 2.70. The molecule has 0 aliphatic carbocycles. The topological polar surface area (TPSA) is 72.2 Å². The summed E-state index contributed by atoms with van der Waals surface area (Å²) in [6.45, 7) is 1.72. The van der Waals surface area contributed by atoms with Gasteiger partial charge in [0.25, 0.3) is 10.0 Å². The maximum absolute atomic E-state index is 13.6. The van der Waals surface area contributed by atoms with Crippen LogP contribution >= 0.6 is 11.3 Å². The Hall–Kier alpha value is -1.60. The SMILES string of the molecule is Cc1ccc(NS(=O)(=O)c2cc(N)cs2)c(F)c1. The predicted octanol–water partition coefficient (Wildman–Crippen LogP) is 2.58. The van der Waals surface area contributed by atoms with Crippen LogP contribution in [0.2, 0.25) is 0 Å². The molecule has 1 aromatic carbocycles. The fourth-order valence-corrected chi connectivity index (χ4v) is 3.52. The Labute approximate surface area is 108 Å². The van der Waals surface area contributed by atoms with Gasteiger partial charge < -0.3 is 5.73 Å². The average molecular weight is 286 g/mol. The number of rotatable bonds is 3. The molecular weight excluding hydrogens is 275 g/mol. The minimum absolute atomic E-state index is 0.0555. The van der Waals surface area contributed by atoms with Crippen molar-refractivity contribution in [2.45, 2.75) is 11.1 Å². The van der Waals surface area contributed by atoms with Gasteiger partial charge in [0.1, 0.15) is 10.0 Å². The molecular formula is C11H11FN2O2S2. The summed E-state index contributed by atoms with van der Waals surface area (Å²) in [5, 5.41) is 1.51. The Morgan fingerprint density at radius 2 is 2.06 bits per heavy atom. The largest absolute Gasteiger partial charge is 0.398 e. The smallest absolute Gasteiger partial charge is 0.271 e. The molecule has 7 heteroatoms. The first-order chi connectivity index (χ1) is 8.38. The number of nitrogens with two attached hydrogens (primary N) is 1. The van der Waals surface area contributed by atoms with E-state index in [0.717, 1.165) is 16.9 Å². The number of sulfonamides is 1. The van der Waals surface area contributed by atoms with E-state index in [-0.39, 0.29) is 9.90 Å². The molecule has 4 nitrogen and oxygen atoms in total. The highest BCUT2D eigenvalue weighted by Crippen LogP contribution is 2.25. The number of nitrogens with one attached hydrogen (secondary N) is 1. The van der Waals surface area contributed by atoms with E-state index >= 15 is 0 Å². The molecule has 96 valence electrons. The van der Waals surface area contributed by atoms with E-state index in [1.165, 1.54) is 23.6 Å². The number of hydrogen-bond acceptors (Lipinski definition) is 4. The Bertz CT molecular complexity index is 680. The normalized spacial score (nSPS) is 11.4. The highest BCUT2D eigenvalue weighted by molar-refractivity contribution is 7.94. The van der Waals surface area contributed by atoms with Crippen LogP contribution < -0.4 is 10.5 Å². The van der Waals surface area contributed by atoms with Gasteiger partial charge in [0, 0.05) is 11.1 Å². The summed E-state index contributed by atoms with van der Waals surface area (Å²) in [7, 11) is -3.78. The van der Waals surface area contributed by atoms with Gasteiger partial charge in [-0.15, -0.1) is 11.3 Å². The lowest BCUT2D eigenvalue weighted by Crippen LogP contribution is -2.12. The van der Waals surface area contributed by atoms with Crippen molar-refractivity contribution in [1.82, 2.24) is 0 Å². The molecule has 0 amide bonds. The summed E-state index contributed by atoms with van der Waals surface area (Å²) in [5.41, 5.74) is 6.47. The van der Waals surface area contributed by atoms with E-state index in [1.54, 1.807) is 13.0 Å². The Morgan fingerprint density at radius 3 is 2.61 bits per heavy atom. The first-order valence-electron chi connectivity index (χ1n) is 5.01. The molecule has 0 aliphatic heterocycles. The van der Waals surface area contributed by atoms with E-state index in [2.05, 4.69) is 4.72 Å². The molecule has 0 radical (unpaired) electrons. The van der Waals surface area contributed by atoms with E-state index < -0.39 is 15.8 Å². The number of benzene rings is 1. The van der Waals surface area contributed by atoms with Crippen LogP contribution in [-0.2, 0) is 10.0 Å². The summed E-state index contributed by atoms with van der Waals surface area (Å²) in [4.78, 5) is 0. The zero-order chi connectivity index (χ0) is 13.3. The van der Waals surface area contributed by atoms with Gasteiger partial charge in [-0.2, -0.15) is 0 Å². The van der Waals surface area contributed by atoms with Gasteiger partial charge in [-0.05, 0) is 30.7 Å². The Morgan fingerprint density at radius 1 is 1.33 bits per heavy atom. The molecule has 0 bridgehead atoms. The minimum atomic E-state index is -3.78. The summed E-state index contributed by atoms with van der Waals surface area (Å²) in [5.74, 6) is -0.608. The fourth-order valence-electron chi connectivity index (χ4n) is 1.37. The summed E-state index contributed by atoms with van der Waals surface area (Å²) in [6.07, 6.45) is 0. The van der Waals surface area contributed by atoms with Crippen LogP contribution in [0.1, 0.15) is 5.56 Å². The van der Waals surface area contributed by atoms with Gasteiger partial charge in [0.05, 0.1) is 5.69 Å². The maximum atomic E-state index is 13.6. The third-order valence-electron chi connectivity index (χ3n) is 2.23. The van der Waals surface area contributed by atoms with Crippen molar-refractivity contribution >= 4 is 32.7 Å². The predicted molar refractivity (Wildman–Crippen MR) is 70.7 cm³/mol. The molecule has 18 heavy (non-hydrogen) atoms. The number of aryl methyl sites for hydroxylation is 1. The molecule has 2 rings (SSSR count). The van der Waals surface area contributed by atoms with Crippen LogP contribution in [0.5, 0.6) is 0 Å². The quantitative estimate of drug-likeness (QED) is 0.911. The molecule has 0 saturated heterocycles. The summed E-state index contributed by atoms with van der Waals surface area (Å²) in [6, 6.07) is 5.61. The van der Waals surface area contributed by atoms with Crippen LogP contribution in [0, 0.1) is 12.7 Å². The van der Waals surface area contributed by atoms with Crippen LogP contribution in [0.4, 0.5) is 15.8 Å². The van der Waals surface area contributed by atoms with Crippen molar-refractivity contribution in [3.63, 3.8) is 0 Å². The van der Waals surface area contributed by atoms with Crippen LogP contribution in [0.3, 0.4) is 0 Å². The lowest BCUT2D eigenvalue weighted by molar-refractivity contribution is 0.600. The van der Waals surface area contributed by atoms with Crippen molar-refractivity contribution in [3.8, 4) is 0 Å². The summed E-state index contributed by atoms with van der Waals surface area (Å²) < 4.78 is 39.7. The van der Waals surface area contributed by atoms with E-state index in [4.69, 9.17) is 5.73 Å². The third kappa shape index (κ3) is 2.62. The van der Waals surface area contributed by atoms with E-state index in [0.29, 0.717) is 5.69 Å². The first kappa shape index (κ1) is 12.8. The molecule has 0 aliphatic rings. The molecule has 1 aromatic heterocycles. The number of halogens is 1. The monoisotopic (exact) mass is 286 g/mol. The van der Waals surface area contributed by atoms with Gasteiger partial charge in [0.2, 0.25) is 0 Å². The maximum Gasteiger partial charge on any atom is 0.271 e. The molecule has 1 heterocycles. The number of hydrogen-bond donors (Lipinski definition) is 2. The van der Waals surface area contributed by atoms with Crippen LogP contribution in [0.25, 0.3) is 0 Å². The van der Waals surface area contributed by atoms with Crippen molar-refractivity contribution in [3.05, 3.63) is 41.0 Å². The second kappa shape index (κ2) is 4.58. The van der Waals surface area contributed by atoms with Gasteiger partial charge in [0.15, 0.2) is 0 Å². The molecule has 0 saturated carbocycles. The highest BCUT2D eigenvalue weighted by atomic mass is 32.2. The van der Waals surface area contributed by atoms with Gasteiger partial charge in [-0.3, -0.25) is 4.72 Å². The Balaban J connectivity index is 2.33. The van der Waals surface area contributed by atoms with Crippen molar-refractivity contribution in [1.29, 1.82) is 0 Å². The minimum Gasteiger partial charge on any atom is -0.398 e. The highest BCUT2D eigenvalue weighted by Gasteiger charge is 2.18. The standard InChI is InChI=1S/C11H11FN2O2S2/c1-7-2-3-10(9(12)4-7)14-18(15,16)11-5-8(13)6-17-11/h2-6,14H,13H2,1H3. The van der Waals surface area contributed by atoms with Gasteiger partial charge in [-0.25, -0.2) is 12.8 Å². The van der Waals surface area contributed by atoms with Crippen LogP contribution in [0.15, 0.2) is 33.9 Å². The Kier molecular flexibility index (Phi) is 3.27. The van der Waals surface area contributed by atoms with E-state index in [9.17, 15) is 12.8 Å². The van der Waals surface area contributed by atoms with E-state index in [1.807, 2.05) is 0 Å². The second-order valence-electron chi connectivity index (χ2n) is 3.79. The van der Waals surface area contributed by atoms with Crippen molar-refractivity contribution < 1.29 is 12.8 Å². The van der Waals surface area contributed by atoms with Crippen molar-refractivity contribution in [2.75, 3.05) is 10.5 Å². The lowest BCUT2D eigenvalue weighted by Gasteiger charge is -2.07.